The van der Waals surface area contributed by atoms with E-state index < -0.39 is 0 Å². The highest BCUT2D eigenvalue weighted by atomic mass is 32.1. The van der Waals surface area contributed by atoms with E-state index in [2.05, 4.69) is 20.8 Å². The van der Waals surface area contributed by atoms with Crippen molar-refractivity contribution in [3.05, 3.63) is 22.5 Å². The second kappa shape index (κ2) is 8.99. The lowest BCUT2D eigenvalue weighted by Gasteiger charge is -2.23. The number of H-pyrrole nitrogens is 1. The minimum atomic E-state index is -0.310. The van der Waals surface area contributed by atoms with Crippen LogP contribution in [-0.2, 0) is 4.74 Å². The summed E-state index contributed by atoms with van der Waals surface area (Å²) in [5.41, 5.74) is 6.66. The maximum absolute atomic E-state index is 12.1. The van der Waals surface area contributed by atoms with Crippen LogP contribution in [0, 0.1) is 13.8 Å². The molecule has 2 rings (SSSR count). The molecule has 0 saturated heterocycles. The van der Waals surface area contributed by atoms with Crippen molar-refractivity contribution in [3.8, 4) is 0 Å². The number of hydrogen-bond donors (Lipinski definition) is 3. The summed E-state index contributed by atoms with van der Waals surface area (Å²) in [6.45, 7) is 7.78. The molecule has 1 aromatic heterocycles. The van der Waals surface area contributed by atoms with Crippen molar-refractivity contribution in [2.45, 2.75) is 65.8 Å². The summed E-state index contributed by atoms with van der Waals surface area (Å²) in [7, 11) is 0. The number of hydrogen-bond acceptors (Lipinski definition) is 4. The van der Waals surface area contributed by atoms with Gasteiger partial charge in [0.05, 0.1) is 23.6 Å². The number of nitrogens with one attached hydrogen (secondary N) is 3. The van der Waals surface area contributed by atoms with Crippen LogP contribution >= 0.6 is 12.2 Å². The first-order chi connectivity index (χ1) is 11.9. The molecule has 1 fully saturated rings. The number of esters is 1. The number of thiocarbonyl (C=S) groups is 1. The van der Waals surface area contributed by atoms with Crippen LogP contribution in [0.15, 0.2) is 5.10 Å². The minimum absolute atomic E-state index is 0.310. The number of nitrogens with zero attached hydrogens (tertiary/aromatic N) is 1. The van der Waals surface area contributed by atoms with Crippen molar-refractivity contribution in [1.82, 2.24) is 15.7 Å². The Bertz CT molecular complexity index is 660. The fraction of sp³-hybridized carbons (Fsp3) is 0.611. The van der Waals surface area contributed by atoms with Gasteiger partial charge in [-0.1, -0.05) is 19.3 Å². The summed E-state index contributed by atoms with van der Waals surface area (Å²) in [6.07, 6.45) is 6.12. The topological polar surface area (TPSA) is 78.5 Å². The van der Waals surface area contributed by atoms with E-state index >= 15 is 0 Å². The van der Waals surface area contributed by atoms with Crippen molar-refractivity contribution in [1.29, 1.82) is 0 Å². The van der Waals surface area contributed by atoms with Crippen LogP contribution in [0.5, 0.6) is 0 Å². The van der Waals surface area contributed by atoms with Crippen molar-refractivity contribution < 1.29 is 9.53 Å². The first-order valence-electron chi connectivity index (χ1n) is 8.91. The van der Waals surface area contributed by atoms with Crippen molar-refractivity contribution >= 4 is 29.0 Å². The lowest BCUT2D eigenvalue weighted by Crippen LogP contribution is -2.41. The summed E-state index contributed by atoms with van der Waals surface area (Å²) in [4.78, 5) is 15.3. The van der Waals surface area contributed by atoms with Gasteiger partial charge in [-0.3, -0.25) is 5.43 Å². The number of aromatic amines is 1. The molecule has 6 nitrogen and oxygen atoms in total. The van der Waals surface area contributed by atoms with Gasteiger partial charge in [-0.05, 0) is 58.3 Å². The molecule has 0 atom stereocenters. The molecule has 0 spiro atoms. The number of ether oxygens (including phenoxy) is 1. The quantitative estimate of drug-likeness (QED) is 0.323. The largest absolute Gasteiger partial charge is 0.462 e. The van der Waals surface area contributed by atoms with Gasteiger partial charge in [0, 0.05) is 11.7 Å². The Balaban J connectivity index is 2.02. The third kappa shape index (κ3) is 5.04. The second-order valence-corrected chi connectivity index (χ2v) is 6.87. The van der Waals surface area contributed by atoms with Gasteiger partial charge in [-0.15, -0.1) is 0 Å². The Morgan fingerprint density at radius 3 is 2.64 bits per heavy atom. The summed E-state index contributed by atoms with van der Waals surface area (Å²) < 4.78 is 5.12. The van der Waals surface area contributed by atoms with Crippen LogP contribution in [0.1, 0.15) is 73.3 Å². The Morgan fingerprint density at radius 2 is 2.00 bits per heavy atom. The predicted molar refractivity (Wildman–Crippen MR) is 104 cm³/mol. The van der Waals surface area contributed by atoms with Gasteiger partial charge in [-0.2, -0.15) is 5.10 Å². The Kier molecular flexibility index (Phi) is 6.99. The van der Waals surface area contributed by atoms with Gasteiger partial charge in [0.1, 0.15) is 0 Å². The molecule has 3 N–H and O–H groups in total. The smallest absolute Gasteiger partial charge is 0.340 e. The Morgan fingerprint density at radius 1 is 1.32 bits per heavy atom. The molecule has 7 heteroatoms. The van der Waals surface area contributed by atoms with E-state index in [0.717, 1.165) is 35.5 Å². The van der Waals surface area contributed by atoms with Crippen molar-refractivity contribution in [2.75, 3.05) is 6.61 Å². The lowest BCUT2D eigenvalue weighted by atomic mass is 9.96. The molecular weight excluding hydrogens is 336 g/mol. The first kappa shape index (κ1) is 19.4. The normalized spacial score (nSPS) is 15.8. The molecule has 1 saturated carbocycles. The van der Waals surface area contributed by atoms with Crippen LogP contribution in [0.25, 0.3) is 0 Å². The van der Waals surface area contributed by atoms with E-state index in [9.17, 15) is 4.79 Å². The highest BCUT2D eigenvalue weighted by Gasteiger charge is 2.20. The van der Waals surface area contributed by atoms with Gasteiger partial charge in [0.15, 0.2) is 5.11 Å². The van der Waals surface area contributed by atoms with E-state index in [1.165, 1.54) is 19.3 Å². The molecule has 1 heterocycles. The molecule has 25 heavy (non-hydrogen) atoms. The lowest BCUT2D eigenvalue weighted by molar-refractivity contribution is 0.0525. The third-order valence-corrected chi connectivity index (χ3v) is 4.75. The first-order valence-corrected chi connectivity index (χ1v) is 9.32. The molecular formula is C18H28N4O2S. The number of aryl methyl sites for hydroxylation is 1. The Hall–Kier alpha value is -1.89. The van der Waals surface area contributed by atoms with Crippen molar-refractivity contribution in [2.24, 2.45) is 5.10 Å². The van der Waals surface area contributed by atoms with E-state index in [4.69, 9.17) is 17.0 Å². The molecule has 0 amide bonds. The average Bonchev–Trinajstić information content (AvgIpc) is 2.88. The standard InChI is InChI=1S/C18H28N4O2S/c1-5-24-17(23)15-11(2)16(19-12(15)3)13(4)21-22-18(25)20-14-9-7-6-8-10-14/h14,19H,5-10H2,1-4H3,(H2,20,22,25)/b21-13+. The van der Waals surface area contributed by atoms with Gasteiger partial charge in [0.25, 0.3) is 0 Å². The number of hydrazone groups is 1. The molecule has 1 aliphatic rings. The highest BCUT2D eigenvalue weighted by Crippen LogP contribution is 2.20. The summed E-state index contributed by atoms with van der Waals surface area (Å²) in [5, 5.41) is 8.22. The Labute approximate surface area is 154 Å². The van der Waals surface area contributed by atoms with Crippen LogP contribution in [0.3, 0.4) is 0 Å². The molecule has 0 bridgehead atoms. The van der Waals surface area contributed by atoms with Crippen LogP contribution < -0.4 is 10.7 Å². The number of aromatic nitrogens is 1. The second-order valence-electron chi connectivity index (χ2n) is 6.46. The van der Waals surface area contributed by atoms with Gasteiger partial charge >= 0.3 is 5.97 Å². The summed E-state index contributed by atoms with van der Waals surface area (Å²) in [6, 6.07) is 0.439. The minimum Gasteiger partial charge on any atom is -0.462 e. The molecule has 1 aromatic rings. The molecule has 138 valence electrons. The van der Waals surface area contributed by atoms with E-state index in [1.807, 2.05) is 20.8 Å². The fourth-order valence-corrected chi connectivity index (χ4v) is 3.49. The highest BCUT2D eigenvalue weighted by molar-refractivity contribution is 7.80. The molecule has 0 unspecified atom stereocenters. The van der Waals surface area contributed by atoms with Gasteiger partial charge in [0.2, 0.25) is 0 Å². The molecule has 1 aliphatic carbocycles. The van der Waals surface area contributed by atoms with Gasteiger partial charge in [-0.25, -0.2) is 4.79 Å². The number of carbonyl (C=O) groups is 1. The third-order valence-electron chi connectivity index (χ3n) is 4.54. The average molecular weight is 365 g/mol. The van der Waals surface area contributed by atoms with Gasteiger partial charge < -0.3 is 15.0 Å². The van der Waals surface area contributed by atoms with Crippen molar-refractivity contribution in [3.63, 3.8) is 0 Å². The van der Waals surface area contributed by atoms with Crippen LogP contribution in [0.2, 0.25) is 0 Å². The zero-order valence-corrected chi connectivity index (χ0v) is 16.3. The van der Waals surface area contributed by atoms with Crippen LogP contribution in [0.4, 0.5) is 0 Å². The fourth-order valence-electron chi connectivity index (χ4n) is 3.28. The van der Waals surface area contributed by atoms with E-state index in [0.29, 0.717) is 23.3 Å². The van der Waals surface area contributed by atoms with Crippen LogP contribution in [-0.4, -0.2) is 34.4 Å². The monoisotopic (exact) mass is 364 g/mol. The zero-order valence-electron chi connectivity index (χ0n) is 15.5. The zero-order chi connectivity index (χ0) is 18.4. The summed E-state index contributed by atoms with van der Waals surface area (Å²) in [5.74, 6) is -0.310. The number of carbonyl (C=O) groups excluding carboxylic acids is 1. The summed E-state index contributed by atoms with van der Waals surface area (Å²) >= 11 is 5.33. The number of rotatable bonds is 5. The maximum Gasteiger partial charge on any atom is 0.340 e. The SMILES string of the molecule is CCOC(=O)c1c(C)[nH]c(/C(C)=N/NC(=S)NC2CCCCC2)c1C. The van der Waals surface area contributed by atoms with E-state index in [-0.39, 0.29) is 5.97 Å². The molecule has 0 aromatic carbocycles. The van der Waals surface area contributed by atoms with E-state index in [1.54, 1.807) is 6.92 Å². The molecule has 0 aliphatic heterocycles. The molecule has 0 radical (unpaired) electrons. The maximum atomic E-state index is 12.1. The predicted octanol–water partition coefficient (Wildman–Crippen LogP) is 3.33.